The Kier molecular flexibility index (Phi) is 4.82. The van der Waals surface area contributed by atoms with Crippen LogP contribution < -0.4 is 10.4 Å². The number of nitrogens with zero attached hydrogens (tertiary/aromatic N) is 5. The van der Waals surface area contributed by atoms with E-state index < -0.39 is 5.69 Å². The van der Waals surface area contributed by atoms with Crippen molar-refractivity contribution in [1.82, 2.24) is 24.0 Å². The van der Waals surface area contributed by atoms with E-state index in [1.165, 1.54) is 16.3 Å². The van der Waals surface area contributed by atoms with Crippen LogP contribution in [0.5, 0.6) is 6.01 Å². The van der Waals surface area contributed by atoms with Crippen LogP contribution >= 0.6 is 0 Å². The van der Waals surface area contributed by atoms with Gasteiger partial charge in [-0.15, -0.1) is 0 Å². The van der Waals surface area contributed by atoms with E-state index in [1.54, 1.807) is 19.1 Å². The van der Waals surface area contributed by atoms with E-state index in [-0.39, 0.29) is 18.0 Å². The van der Waals surface area contributed by atoms with Crippen molar-refractivity contribution in [3.05, 3.63) is 52.6 Å². The van der Waals surface area contributed by atoms with Gasteiger partial charge in [0.15, 0.2) is 5.65 Å². The number of fused-ring (bicyclic) bond motifs is 1. The predicted octanol–water partition coefficient (Wildman–Crippen LogP) is 1.22. The molecule has 1 fully saturated rings. The zero-order valence-corrected chi connectivity index (χ0v) is 15.7. The molecule has 0 N–H and O–H groups in total. The molecule has 28 heavy (non-hydrogen) atoms. The zero-order valence-electron chi connectivity index (χ0n) is 15.7. The fourth-order valence-electron chi connectivity index (χ4n) is 3.28. The zero-order chi connectivity index (χ0) is 19.7. The predicted molar refractivity (Wildman–Crippen MR) is 102 cm³/mol. The van der Waals surface area contributed by atoms with Crippen molar-refractivity contribution in [3.8, 4) is 6.01 Å². The third kappa shape index (κ3) is 3.13. The third-order valence-corrected chi connectivity index (χ3v) is 4.90. The van der Waals surface area contributed by atoms with Crippen LogP contribution in [0.15, 0.2) is 41.3 Å². The van der Waals surface area contributed by atoms with E-state index in [9.17, 15) is 9.59 Å². The van der Waals surface area contributed by atoms with E-state index in [4.69, 9.17) is 9.47 Å². The Morgan fingerprint density at radius 1 is 1.21 bits per heavy atom. The molecule has 0 spiro atoms. The molecule has 9 heteroatoms. The van der Waals surface area contributed by atoms with Gasteiger partial charge in [0, 0.05) is 33.2 Å². The van der Waals surface area contributed by atoms with Crippen LogP contribution in [0.25, 0.3) is 11.2 Å². The molecule has 146 valence electrons. The van der Waals surface area contributed by atoms with Crippen molar-refractivity contribution >= 4 is 17.2 Å². The molecule has 0 unspecified atom stereocenters. The monoisotopic (exact) mass is 383 g/mol. The van der Waals surface area contributed by atoms with Crippen LogP contribution in [0.3, 0.4) is 0 Å². The van der Waals surface area contributed by atoms with Crippen molar-refractivity contribution in [2.45, 2.75) is 5.92 Å². The molecule has 2 aromatic heterocycles. The molecular weight excluding hydrogens is 362 g/mol. The summed E-state index contributed by atoms with van der Waals surface area (Å²) in [6.07, 6.45) is 1.44. The minimum Gasteiger partial charge on any atom is -0.461 e. The second-order valence-electron chi connectivity index (χ2n) is 6.67. The first kappa shape index (κ1) is 18.2. The summed E-state index contributed by atoms with van der Waals surface area (Å²) >= 11 is 0. The molecular formula is C19H21N5O4. The maximum absolute atomic E-state index is 12.9. The number of aromatic nitrogens is 4. The van der Waals surface area contributed by atoms with Gasteiger partial charge in [-0.25, -0.2) is 19.1 Å². The van der Waals surface area contributed by atoms with Gasteiger partial charge in [-0.05, 0) is 5.56 Å². The first-order valence-corrected chi connectivity index (χ1v) is 9.00. The average Bonchev–Trinajstić information content (AvgIpc) is 2.92. The molecule has 0 bridgehead atoms. The quantitative estimate of drug-likeness (QED) is 0.616. The highest BCUT2D eigenvalue weighted by Crippen LogP contribution is 2.27. The summed E-state index contributed by atoms with van der Waals surface area (Å²) in [6.45, 7) is 1.84. The molecule has 1 aliphatic heterocycles. The molecule has 0 atom stereocenters. The summed E-state index contributed by atoms with van der Waals surface area (Å²) < 4.78 is 12.8. The number of rotatable bonds is 5. The number of methoxy groups -OCH3 is 1. The lowest BCUT2D eigenvalue weighted by atomic mass is 9.92. The second kappa shape index (κ2) is 7.43. The summed E-state index contributed by atoms with van der Waals surface area (Å²) in [6, 6.07) is 9.81. The maximum Gasteiger partial charge on any atom is 0.338 e. The van der Waals surface area contributed by atoms with E-state index >= 15 is 0 Å². The highest BCUT2D eigenvalue weighted by molar-refractivity contribution is 5.88. The Morgan fingerprint density at radius 3 is 2.68 bits per heavy atom. The Labute approximate surface area is 161 Å². The van der Waals surface area contributed by atoms with Crippen LogP contribution in [-0.4, -0.2) is 63.4 Å². The molecule has 3 aromatic rings. The lowest BCUT2D eigenvalue weighted by Crippen LogP contribution is -2.51. The van der Waals surface area contributed by atoms with Gasteiger partial charge in [0.05, 0.1) is 12.8 Å². The first-order chi connectivity index (χ1) is 13.6. The SMILES string of the molecule is COCCOc1ncc2c(n1)n(C)c(=O)n2C(=O)N1CC(c2ccccc2)C1. The first-order valence-electron chi connectivity index (χ1n) is 9.00. The third-order valence-electron chi connectivity index (χ3n) is 4.90. The fourth-order valence-corrected chi connectivity index (χ4v) is 3.28. The van der Waals surface area contributed by atoms with Crippen molar-refractivity contribution in [2.75, 3.05) is 33.4 Å². The minimum absolute atomic E-state index is 0.137. The van der Waals surface area contributed by atoms with Crippen LogP contribution in [-0.2, 0) is 11.8 Å². The summed E-state index contributed by atoms with van der Waals surface area (Å²) in [5, 5.41) is 0. The lowest BCUT2D eigenvalue weighted by Gasteiger charge is -2.39. The fraction of sp³-hybridized carbons (Fsp3) is 0.368. The number of ether oxygens (including phenoxy) is 2. The molecule has 9 nitrogen and oxygen atoms in total. The summed E-state index contributed by atoms with van der Waals surface area (Å²) in [5.74, 6) is 0.285. The standard InChI is InChI=1S/C19H21N5O4/c1-22-16-15(10-20-17(21-16)28-9-8-27-2)24(18(22)25)19(26)23-11-14(12-23)13-6-4-3-5-7-13/h3-7,10,14H,8-9,11-12H2,1-2H3. The number of carbonyl (C=O) groups excluding carboxylic acids is 1. The van der Waals surface area contributed by atoms with Crippen LogP contribution in [0.2, 0.25) is 0 Å². The maximum atomic E-state index is 12.9. The molecule has 0 aliphatic carbocycles. The van der Waals surface area contributed by atoms with Crippen molar-refractivity contribution in [2.24, 2.45) is 7.05 Å². The van der Waals surface area contributed by atoms with Gasteiger partial charge in [0.1, 0.15) is 12.1 Å². The van der Waals surface area contributed by atoms with E-state index in [1.807, 2.05) is 18.2 Å². The Balaban J connectivity index is 1.56. The number of aryl methyl sites for hydroxylation is 1. The van der Waals surface area contributed by atoms with Gasteiger partial charge in [-0.1, -0.05) is 30.3 Å². The van der Waals surface area contributed by atoms with Gasteiger partial charge < -0.3 is 14.4 Å². The highest BCUT2D eigenvalue weighted by Gasteiger charge is 2.34. The summed E-state index contributed by atoms with van der Waals surface area (Å²) in [7, 11) is 3.14. The lowest BCUT2D eigenvalue weighted by molar-refractivity contribution is 0.141. The molecule has 1 aromatic carbocycles. The molecule has 0 saturated carbocycles. The number of carbonyl (C=O) groups is 1. The number of amides is 1. The number of benzene rings is 1. The molecule has 1 saturated heterocycles. The Morgan fingerprint density at radius 2 is 1.96 bits per heavy atom. The molecule has 3 heterocycles. The second-order valence-corrected chi connectivity index (χ2v) is 6.67. The van der Waals surface area contributed by atoms with Crippen LogP contribution in [0.1, 0.15) is 11.5 Å². The highest BCUT2D eigenvalue weighted by atomic mass is 16.5. The van der Waals surface area contributed by atoms with E-state index in [2.05, 4.69) is 22.1 Å². The summed E-state index contributed by atoms with van der Waals surface area (Å²) in [5.41, 5.74) is 1.45. The normalized spacial score (nSPS) is 14.3. The van der Waals surface area contributed by atoms with Gasteiger partial charge in [0.25, 0.3) is 0 Å². The van der Waals surface area contributed by atoms with Gasteiger partial charge in [-0.2, -0.15) is 4.98 Å². The Hall–Kier alpha value is -3.20. The van der Waals surface area contributed by atoms with E-state index in [0.29, 0.717) is 37.5 Å². The molecule has 1 aliphatic rings. The van der Waals surface area contributed by atoms with Crippen molar-refractivity contribution in [1.29, 1.82) is 0 Å². The number of hydrogen-bond acceptors (Lipinski definition) is 6. The summed E-state index contributed by atoms with van der Waals surface area (Å²) in [4.78, 5) is 35.6. The minimum atomic E-state index is -0.452. The number of imidazole rings is 1. The van der Waals surface area contributed by atoms with Gasteiger partial charge in [-0.3, -0.25) is 4.57 Å². The van der Waals surface area contributed by atoms with Crippen LogP contribution in [0, 0.1) is 0 Å². The van der Waals surface area contributed by atoms with Crippen LogP contribution in [0.4, 0.5) is 4.79 Å². The van der Waals surface area contributed by atoms with Crippen molar-refractivity contribution < 1.29 is 14.3 Å². The number of hydrogen-bond donors (Lipinski definition) is 0. The molecule has 4 rings (SSSR count). The van der Waals surface area contributed by atoms with E-state index in [0.717, 1.165) is 4.57 Å². The van der Waals surface area contributed by atoms with Gasteiger partial charge >= 0.3 is 17.7 Å². The smallest absolute Gasteiger partial charge is 0.338 e. The molecule has 1 amide bonds. The number of likely N-dealkylation sites (tertiary alicyclic amines) is 1. The topological polar surface area (TPSA) is 91.5 Å². The van der Waals surface area contributed by atoms with Gasteiger partial charge in [0.2, 0.25) is 0 Å². The largest absolute Gasteiger partial charge is 0.461 e. The van der Waals surface area contributed by atoms with Crippen molar-refractivity contribution in [3.63, 3.8) is 0 Å². The Bertz CT molecular complexity index is 1050. The molecule has 0 radical (unpaired) electrons. The average molecular weight is 383 g/mol.